The van der Waals surface area contributed by atoms with Crippen LogP contribution in [0, 0.1) is 0 Å². The van der Waals surface area contributed by atoms with Gasteiger partial charge >= 0.3 is 5.97 Å². The van der Waals surface area contributed by atoms with Crippen LogP contribution in [0.3, 0.4) is 0 Å². The van der Waals surface area contributed by atoms with Crippen molar-refractivity contribution >= 4 is 29.2 Å². The summed E-state index contributed by atoms with van der Waals surface area (Å²) in [5.41, 5.74) is 1.52. The standard InChI is InChI=1S/C18H18ClN3O3/c1-10-5-3-2-4-6-14(23)20-13-8-7-11(18(24)25)9-12(13)15-16(19)22-17(10)21-15/h2-3,7-10H,4-6H2,1H3,(H,20,23)(H,21,22)(H,24,25)/b3-2+/t10-/m0/s1. The summed E-state index contributed by atoms with van der Waals surface area (Å²) >= 11 is 6.32. The van der Waals surface area contributed by atoms with E-state index in [9.17, 15) is 14.7 Å². The lowest BCUT2D eigenvalue weighted by atomic mass is 10.1. The largest absolute Gasteiger partial charge is 0.478 e. The van der Waals surface area contributed by atoms with Gasteiger partial charge < -0.3 is 15.4 Å². The monoisotopic (exact) mass is 359 g/mol. The molecule has 0 fully saturated rings. The number of allylic oxidation sites excluding steroid dienone is 2. The highest BCUT2D eigenvalue weighted by Gasteiger charge is 2.20. The normalized spacial score (nSPS) is 19.0. The Morgan fingerprint density at radius 2 is 2.16 bits per heavy atom. The first-order chi connectivity index (χ1) is 12.0. The Labute approximate surface area is 149 Å². The number of hydrogen-bond donors (Lipinski definition) is 3. The maximum atomic E-state index is 12.2. The molecular weight excluding hydrogens is 342 g/mol. The zero-order valence-electron chi connectivity index (χ0n) is 13.7. The topological polar surface area (TPSA) is 95.1 Å². The Kier molecular flexibility index (Phi) is 4.90. The number of carbonyl (C=O) groups is 2. The van der Waals surface area contributed by atoms with Gasteiger partial charge in [0.2, 0.25) is 5.91 Å². The number of anilines is 1. The van der Waals surface area contributed by atoms with Gasteiger partial charge in [0.15, 0.2) is 0 Å². The average molecular weight is 360 g/mol. The summed E-state index contributed by atoms with van der Waals surface area (Å²) in [7, 11) is 0. The lowest BCUT2D eigenvalue weighted by Crippen LogP contribution is -2.12. The van der Waals surface area contributed by atoms with E-state index in [2.05, 4.69) is 15.3 Å². The molecule has 0 saturated heterocycles. The molecule has 3 rings (SSSR count). The van der Waals surface area contributed by atoms with Crippen LogP contribution in [0.15, 0.2) is 30.4 Å². The zero-order valence-corrected chi connectivity index (χ0v) is 14.4. The first-order valence-corrected chi connectivity index (χ1v) is 8.41. The van der Waals surface area contributed by atoms with Crippen LogP contribution in [0.2, 0.25) is 5.15 Å². The van der Waals surface area contributed by atoms with Crippen LogP contribution in [0.25, 0.3) is 11.3 Å². The lowest BCUT2D eigenvalue weighted by molar-refractivity contribution is -0.116. The van der Waals surface area contributed by atoms with Gasteiger partial charge in [-0.25, -0.2) is 9.78 Å². The molecule has 1 aliphatic rings. The number of imidazole rings is 1. The molecule has 2 heterocycles. The smallest absolute Gasteiger partial charge is 0.335 e. The second-order valence-corrected chi connectivity index (χ2v) is 6.42. The number of hydrogen-bond acceptors (Lipinski definition) is 3. The van der Waals surface area contributed by atoms with Crippen LogP contribution in [0.1, 0.15) is 48.3 Å². The Morgan fingerprint density at radius 3 is 2.92 bits per heavy atom. The number of nitrogens with one attached hydrogen (secondary N) is 2. The molecule has 2 bridgehead atoms. The second-order valence-electron chi connectivity index (χ2n) is 6.05. The highest BCUT2D eigenvalue weighted by atomic mass is 35.5. The summed E-state index contributed by atoms with van der Waals surface area (Å²) in [4.78, 5) is 31.1. The van der Waals surface area contributed by atoms with E-state index in [-0.39, 0.29) is 17.4 Å². The first-order valence-electron chi connectivity index (χ1n) is 8.03. The minimum atomic E-state index is -1.05. The predicted octanol–water partition coefficient (Wildman–Crippen LogP) is 4.21. The predicted molar refractivity (Wildman–Crippen MR) is 96.0 cm³/mol. The molecule has 0 aliphatic carbocycles. The van der Waals surface area contributed by atoms with Gasteiger partial charge in [-0.15, -0.1) is 0 Å². The molecule has 1 aliphatic heterocycles. The number of benzene rings is 1. The third kappa shape index (κ3) is 3.74. The number of carboxylic acid groups (broad SMARTS) is 1. The van der Waals surface area contributed by atoms with E-state index in [0.717, 1.165) is 12.2 Å². The number of aromatic carboxylic acids is 1. The number of carbonyl (C=O) groups excluding carboxylic acids is 1. The van der Waals surface area contributed by atoms with E-state index >= 15 is 0 Å². The van der Waals surface area contributed by atoms with Gasteiger partial charge in [0.05, 0.1) is 11.3 Å². The molecule has 0 saturated carbocycles. The zero-order chi connectivity index (χ0) is 18.0. The number of carboxylic acids is 1. The second kappa shape index (κ2) is 7.11. The molecule has 1 amide bonds. The van der Waals surface area contributed by atoms with E-state index < -0.39 is 5.97 Å². The van der Waals surface area contributed by atoms with Crippen molar-refractivity contribution in [3.05, 3.63) is 46.9 Å². The number of amides is 1. The van der Waals surface area contributed by atoms with Crippen molar-refractivity contribution in [3.8, 4) is 11.3 Å². The SMILES string of the molecule is C[C@H]1C/C=C/CCC(=O)Nc2ccc(C(=O)O)cc2-c2nc1[nH]c2Cl. The van der Waals surface area contributed by atoms with E-state index in [4.69, 9.17) is 11.6 Å². The molecule has 0 spiro atoms. The Bertz CT molecular complexity index is 857. The minimum Gasteiger partial charge on any atom is -0.478 e. The van der Waals surface area contributed by atoms with Crippen LogP contribution in [0.4, 0.5) is 5.69 Å². The van der Waals surface area contributed by atoms with E-state index in [1.54, 1.807) is 6.07 Å². The van der Waals surface area contributed by atoms with Crippen molar-refractivity contribution in [1.82, 2.24) is 9.97 Å². The van der Waals surface area contributed by atoms with E-state index in [0.29, 0.717) is 34.9 Å². The molecular formula is C18H18ClN3O3. The van der Waals surface area contributed by atoms with Gasteiger partial charge in [-0.2, -0.15) is 0 Å². The van der Waals surface area contributed by atoms with Crippen LogP contribution >= 0.6 is 11.6 Å². The Hall–Kier alpha value is -2.60. The highest BCUT2D eigenvalue weighted by Crippen LogP contribution is 2.35. The van der Waals surface area contributed by atoms with Gasteiger partial charge in [0.25, 0.3) is 0 Å². The van der Waals surface area contributed by atoms with Gasteiger partial charge in [0.1, 0.15) is 16.7 Å². The van der Waals surface area contributed by atoms with E-state index in [1.165, 1.54) is 12.1 Å². The van der Waals surface area contributed by atoms with Crippen molar-refractivity contribution < 1.29 is 14.7 Å². The number of rotatable bonds is 1. The highest BCUT2D eigenvalue weighted by molar-refractivity contribution is 6.32. The number of fused-ring (bicyclic) bond motifs is 4. The van der Waals surface area contributed by atoms with Crippen LogP contribution in [0.5, 0.6) is 0 Å². The minimum absolute atomic E-state index is 0.104. The van der Waals surface area contributed by atoms with Crippen molar-refractivity contribution in [2.45, 2.75) is 32.1 Å². The van der Waals surface area contributed by atoms with Crippen molar-refractivity contribution in [1.29, 1.82) is 0 Å². The number of H-pyrrole nitrogens is 1. The Morgan fingerprint density at radius 1 is 1.36 bits per heavy atom. The quantitative estimate of drug-likeness (QED) is 0.664. The van der Waals surface area contributed by atoms with Crippen LogP contribution in [-0.2, 0) is 4.79 Å². The molecule has 1 aromatic heterocycles. The molecule has 25 heavy (non-hydrogen) atoms. The molecule has 0 unspecified atom stereocenters. The molecule has 130 valence electrons. The fraction of sp³-hybridized carbons (Fsp3) is 0.278. The summed E-state index contributed by atoms with van der Waals surface area (Å²) in [6, 6.07) is 4.50. The van der Waals surface area contributed by atoms with Gasteiger partial charge in [-0.1, -0.05) is 30.7 Å². The van der Waals surface area contributed by atoms with Crippen molar-refractivity contribution in [2.75, 3.05) is 5.32 Å². The van der Waals surface area contributed by atoms with Crippen LogP contribution < -0.4 is 5.32 Å². The van der Waals surface area contributed by atoms with Gasteiger partial charge in [-0.05, 0) is 31.0 Å². The fourth-order valence-electron chi connectivity index (χ4n) is 2.72. The number of aromatic amines is 1. The summed E-state index contributed by atoms with van der Waals surface area (Å²) < 4.78 is 0. The molecule has 7 heteroatoms. The maximum absolute atomic E-state index is 12.2. The van der Waals surface area contributed by atoms with E-state index in [1.807, 2.05) is 19.1 Å². The fourth-order valence-corrected chi connectivity index (χ4v) is 2.96. The molecule has 1 atom stereocenters. The van der Waals surface area contributed by atoms with Gasteiger partial charge in [0, 0.05) is 17.9 Å². The van der Waals surface area contributed by atoms with Crippen molar-refractivity contribution in [3.63, 3.8) is 0 Å². The summed E-state index contributed by atoms with van der Waals surface area (Å²) in [5.74, 6) is -0.352. The molecule has 0 radical (unpaired) electrons. The summed E-state index contributed by atoms with van der Waals surface area (Å²) in [6.45, 7) is 2.03. The molecule has 6 nitrogen and oxygen atoms in total. The first kappa shape index (κ1) is 17.2. The third-order valence-electron chi connectivity index (χ3n) is 4.13. The number of nitrogens with zero attached hydrogens (tertiary/aromatic N) is 1. The van der Waals surface area contributed by atoms with Crippen LogP contribution in [-0.4, -0.2) is 27.0 Å². The average Bonchev–Trinajstić information content (AvgIpc) is 2.96. The molecule has 1 aromatic carbocycles. The maximum Gasteiger partial charge on any atom is 0.335 e. The van der Waals surface area contributed by atoms with Crippen molar-refractivity contribution in [2.24, 2.45) is 0 Å². The Balaban J connectivity index is 2.15. The van der Waals surface area contributed by atoms with Gasteiger partial charge in [-0.3, -0.25) is 4.79 Å². The number of aromatic nitrogens is 2. The molecule has 3 N–H and O–H groups in total. The lowest BCUT2D eigenvalue weighted by Gasteiger charge is -2.11. The summed E-state index contributed by atoms with van der Waals surface area (Å²) in [5, 5.41) is 12.4. The molecule has 2 aromatic rings. The summed E-state index contributed by atoms with van der Waals surface area (Å²) in [6.07, 6.45) is 5.77. The number of halogens is 1. The third-order valence-corrected chi connectivity index (χ3v) is 4.41.